The molecular weight excluding hydrogens is 228 g/mol. The lowest BCUT2D eigenvalue weighted by Gasteiger charge is -2.06. The highest BCUT2D eigenvalue weighted by atomic mass is 16.5. The van der Waals surface area contributed by atoms with Crippen molar-refractivity contribution in [3.8, 4) is 6.07 Å². The molecule has 0 aromatic carbocycles. The number of aromatic nitrogens is 3. The Bertz CT molecular complexity index is 381. The Balaban J connectivity index is 2.61. The summed E-state index contributed by atoms with van der Waals surface area (Å²) < 4.78 is 7.03. The van der Waals surface area contributed by atoms with E-state index in [0.29, 0.717) is 13.0 Å². The molecule has 0 saturated heterocycles. The van der Waals surface area contributed by atoms with Crippen molar-refractivity contribution >= 4 is 0 Å². The van der Waals surface area contributed by atoms with Gasteiger partial charge in [-0.3, -0.25) is 0 Å². The molecule has 0 unspecified atom stereocenters. The summed E-state index contributed by atoms with van der Waals surface area (Å²) in [6.07, 6.45) is 5.92. The third-order valence-corrected chi connectivity index (χ3v) is 2.93. The van der Waals surface area contributed by atoms with Gasteiger partial charge < -0.3 is 4.74 Å². The van der Waals surface area contributed by atoms with Crippen molar-refractivity contribution < 1.29 is 4.74 Å². The van der Waals surface area contributed by atoms with E-state index in [4.69, 9.17) is 10.00 Å². The minimum atomic E-state index is 0.327. The molecular formula is C13H22N4O. The maximum atomic E-state index is 8.77. The van der Waals surface area contributed by atoms with Gasteiger partial charge >= 0.3 is 0 Å². The van der Waals surface area contributed by atoms with Crippen LogP contribution in [0.4, 0.5) is 0 Å². The molecule has 0 N–H and O–H groups in total. The molecule has 0 amide bonds. The number of nitriles is 1. The van der Waals surface area contributed by atoms with E-state index in [-0.39, 0.29) is 0 Å². The summed E-state index contributed by atoms with van der Waals surface area (Å²) in [5.41, 5.74) is 1.85. The topological polar surface area (TPSA) is 63.7 Å². The highest BCUT2D eigenvalue weighted by Gasteiger charge is 2.11. The molecule has 0 atom stereocenters. The second-order valence-electron chi connectivity index (χ2n) is 4.34. The van der Waals surface area contributed by atoms with Gasteiger partial charge in [0.15, 0.2) is 0 Å². The summed E-state index contributed by atoms with van der Waals surface area (Å²) in [5.74, 6) is 0. The van der Waals surface area contributed by atoms with Crippen LogP contribution in [-0.4, -0.2) is 28.7 Å². The molecule has 1 aromatic rings. The first-order chi connectivity index (χ1) is 8.83. The van der Waals surface area contributed by atoms with Crippen molar-refractivity contribution in [2.24, 2.45) is 0 Å². The molecule has 5 nitrogen and oxygen atoms in total. The van der Waals surface area contributed by atoms with Gasteiger partial charge in [0.25, 0.3) is 0 Å². The first-order valence-electron chi connectivity index (χ1n) is 6.60. The molecule has 0 fully saturated rings. The molecule has 0 spiro atoms. The number of hydrogen-bond acceptors (Lipinski definition) is 4. The van der Waals surface area contributed by atoms with Gasteiger partial charge in [-0.1, -0.05) is 31.4 Å². The summed E-state index contributed by atoms with van der Waals surface area (Å²) in [6.45, 7) is 3.72. The van der Waals surface area contributed by atoms with E-state index in [1.165, 1.54) is 19.3 Å². The van der Waals surface area contributed by atoms with Crippen LogP contribution in [0, 0.1) is 11.3 Å². The van der Waals surface area contributed by atoms with Gasteiger partial charge in [0.2, 0.25) is 0 Å². The number of ether oxygens (including phenoxy) is 1. The highest BCUT2D eigenvalue weighted by molar-refractivity contribution is 5.14. The largest absolute Gasteiger partial charge is 0.384 e. The third kappa shape index (κ3) is 4.46. The van der Waals surface area contributed by atoms with Crippen LogP contribution in [-0.2, 0) is 24.1 Å². The minimum absolute atomic E-state index is 0.327. The van der Waals surface area contributed by atoms with Crippen molar-refractivity contribution in [1.29, 1.82) is 5.26 Å². The Morgan fingerprint density at radius 2 is 2.17 bits per heavy atom. The van der Waals surface area contributed by atoms with Gasteiger partial charge in [0.05, 0.1) is 24.8 Å². The van der Waals surface area contributed by atoms with Crippen molar-refractivity contribution in [3.63, 3.8) is 0 Å². The van der Waals surface area contributed by atoms with Crippen LogP contribution < -0.4 is 0 Å². The quantitative estimate of drug-likeness (QED) is 0.630. The minimum Gasteiger partial charge on any atom is -0.384 e. The van der Waals surface area contributed by atoms with Crippen molar-refractivity contribution in [2.75, 3.05) is 13.7 Å². The Morgan fingerprint density at radius 3 is 2.83 bits per heavy atom. The first-order valence-corrected chi connectivity index (χ1v) is 6.60. The van der Waals surface area contributed by atoms with Gasteiger partial charge in [0.1, 0.15) is 5.69 Å². The van der Waals surface area contributed by atoms with Crippen LogP contribution in [0.3, 0.4) is 0 Å². The zero-order chi connectivity index (χ0) is 13.2. The van der Waals surface area contributed by atoms with E-state index >= 15 is 0 Å². The fraction of sp³-hybridized carbons (Fsp3) is 0.769. The smallest absolute Gasteiger partial charge is 0.100 e. The van der Waals surface area contributed by atoms with E-state index < -0.39 is 0 Å². The molecule has 100 valence electrons. The molecule has 18 heavy (non-hydrogen) atoms. The summed E-state index contributed by atoms with van der Waals surface area (Å²) in [7, 11) is 1.68. The Morgan fingerprint density at radius 1 is 1.33 bits per heavy atom. The van der Waals surface area contributed by atoms with Crippen molar-refractivity contribution in [2.45, 2.75) is 52.0 Å². The Hall–Kier alpha value is -1.41. The molecule has 1 heterocycles. The molecule has 0 saturated carbocycles. The first kappa shape index (κ1) is 14.7. The number of nitrogens with zero attached hydrogens (tertiary/aromatic N) is 4. The highest BCUT2D eigenvalue weighted by Crippen LogP contribution is 2.10. The van der Waals surface area contributed by atoms with Gasteiger partial charge in [-0.15, -0.1) is 5.10 Å². The summed E-state index contributed by atoms with van der Waals surface area (Å²) in [5, 5.41) is 17.0. The van der Waals surface area contributed by atoms with Crippen molar-refractivity contribution in [1.82, 2.24) is 15.0 Å². The average Bonchev–Trinajstić information content (AvgIpc) is 2.75. The zero-order valence-electron chi connectivity index (χ0n) is 11.4. The van der Waals surface area contributed by atoms with Crippen LogP contribution in [0.15, 0.2) is 0 Å². The van der Waals surface area contributed by atoms with Crippen LogP contribution >= 0.6 is 0 Å². The van der Waals surface area contributed by atoms with E-state index in [2.05, 4.69) is 23.3 Å². The van der Waals surface area contributed by atoms with Crippen LogP contribution in [0.2, 0.25) is 0 Å². The molecule has 0 aliphatic rings. The normalized spacial score (nSPS) is 10.5. The van der Waals surface area contributed by atoms with E-state index in [1.54, 1.807) is 7.11 Å². The maximum Gasteiger partial charge on any atom is 0.100 e. The number of methoxy groups -OCH3 is 1. The lowest BCUT2D eigenvalue weighted by molar-refractivity contribution is 0.200. The van der Waals surface area contributed by atoms with Gasteiger partial charge in [-0.25, -0.2) is 4.68 Å². The van der Waals surface area contributed by atoms with Gasteiger partial charge in [-0.05, 0) is 6.42 Å². The Labute approximate surface area is 109 Å². The van der Waals surface area contributed by atoms with E-state index in [9.17, 15) is 0 Å². The number of rotatable bonds is 9. The molecule has 1 aromatic heterocycles. The fourth-order valence-electron chi connectivity index (χ4n) is 1.92. The Kier molecular flexibility index (Phi) is 7.04. The maximum absolute atomic E-state index is 8.77. The summed E-state index contributed by atoms with van der Waals surface area (Å²) in [6, 6.07) is 2.13. The second-order valence-corrected chi connectivity index (χ2v) is 4.34. The number of aryl methyl sites for hydroxylation is 1. The van der Waals surface area contributed by atoms with Gasteiger partial charge in [0, 0.05) is 20.1 Å². The molecule has 0 aliphatic heterocycles. The van der Waals surface area contributed by atoms with Gasteiger partial charge in [-0.2, -0.15) is 5.26 Å². The van der Waals surface area contributed by atoms with E-state index in [1.807, 2.05) is 4.68 Å². The van der Waals surface area contributed by atoms with Crippen LogP contribution in [0.25, 0.3) is 0 Å². The van der Waals surface area contributed by atoms with E-state index in [0.717, 1.165) is 30.8 Å². The lowest BCUT2D eigenvalue weighted by Crippen LogP contribution is -2.09. The zero-order valence-corrected chi connectivity index (χ0v) is 11.4. The van der Waals surface area contributed by atoms with Crippen LogP contribution in [0.1, 0.15) is 44.0 Å². The summed E-state index contributed by atoms with van der Waals surface area (Å²) in [4.78, 5) is 0. The molecule has 1 rings (SSSR count). The fourth-order valence-corrected chi connectivity index (χ4v) is 1.92. The second kappa shape index (κ2) is 8.65. The van der Waals surface area contributed by atoms with Crippen molar-refractivity contribution in [3.05, 3.63) is 11.4 Å². The SMILES string of the molecule is CCCCCCn1nnc(CC#N)c1CCOC. The third-order valence-electron chi connectivity index (χ3n) is 2.93. The standard InChI is InChI=1S/C13H22N4O/c1-3-4-5-6-10-17-13(8-11-18-2)12(7-9-14)15-16-17/h3-8,10-11H2,1-2H3. The molecule has 0 radical (unpaired) electrons. The molecule has 0 aliphatic carbocycles. The van der Waals surface area contributed by atoms with Crippen LogP contribution in [0.5, 0.6) is 0 Å². The number of hydrogen-bond donors (Lipinski definition) is 0. The molecule has 5 heteroatoms. The monoisotopic (exact) mass is 250 g/mol. The lowest BCUT2D eigenvalue weighted by atomic mass is 10.2. The number of unbranched alkanes of at least 4 members (excludes halogenated alkanes) is 3. The predicted molar refractivity (Wildman–Crippen MR) is 69.1 cm³/mol. The average molecular weight is 250 g/mol. The predicted octanol–water partition coefficient (Wildman–Crippen LogP) is 2.11. The molecule has 0 bridgehead atoms. The summed E-state index contributed by atoms with van der Waals surface area (Å²) >= 11 is 0.